The topological polar surface area (TPSA) is 563 Å². The van der Waals surface area contributed by atoms with Crippen molar-refractivity contribution in [1.82, 2.24) is 62.5 Å². The Bertz CT molecular complexity index is 5590. The first-order valence-corrected chi connectivity index (χ1v) is 62.7. The highest BCUT2D eigenvalue weighted by atomic mass is 32.2. The van der Waals surface area contributed by atoms with Crippen LogP contribution >= 0.6 is 76.1 Å². The molecule has 0 aliphatic rings. The molecule has 148 heavy (non-hydrogen) atoms. The number of carbonyl (C=O) groups excluding carboxylic acids is 13. The molecule has 0 bridgehead atoms. The number of hydrogen-bond acceptors (Lipinski definition) is 23. The number of carboxylic acids is 5. The summed E-state index contributed by atoms with van der Waals surface area (Å²) in [4.78, 5) is 192. The van der Waals surface area contributed by atoms with Crippen LogP contribution in [0.1, 0.15) is 42.5 Å². The minimum absolute atomic E-state index is 0.0342. The Hall–Kier alpha value is -10.4. The van der Waals surface area contributed by atoms with Gasteiger partial charge in [-0.1, -0.05) is 93.1 Å². The fourth-order valence-electron chi connectivity index (χ4n) is 12.6. The molecule has 33 nitrogen and oxygen atoms in total. The molecule has 0 fully saturated rings. The van der Waals surface area contributed by atoms with Crippen LogP contribution in [-0.4, -0.2) is 344 Å². The Kier molecular flexibility index (Phi) is 53.5. The van der Waals surface area contributed by atoms with Crippen molar-refractivity contribution in [2.24, 2.45) is 17.4 Å². The summed E-state index contributed by atoms with van der Waals surface area (Å²) in [6, 6.07) is 19.3. The first-order valence-electron chi connectivity index (χ1n) is 44.8. The van der Waals surface area contributed by atoms with Crippen LogP contribution in [0.5, 0.6) is 0 Å². The number of nitrogens with two attached hydrogens (primary N) is 2. The molecule has 0 spiro atoms. The van der Waals surface area contributed by atoms with Gasteiger partial charge >= 0.3 is 36.9 Å². The molecule has 56 heteroatoms. The molecule has 0 aliphatic carbocycles. The van der Waals surface area contributed by atoms with Gasteiger partial charge in [0.1, 0.15) is 72.2 Å². The molecule has 9 amide bonds. The lowest BCUT2D eigenvalue weighted by molar-refractivity contribution is -0.344. The van der Waals surface area contributed by atoms with Crippen LogP contribution in [0.4, 0.5) is 65.9 Å². The average Bonchev–Trinajstić information content (AvgIpc) is 1.67. The number of alkyl halides is 15. The van der Waals surface area contributed by atoms with E-state index in [1.165, 1.54) is 23.5 Å². The fraction of sp³-hybridized carbons (Fsp3) is 0.500. The van der Waals surface area contributed by atoms with Gasteiger partial charge in [-0.2, -0.15) is 113 Å². The minimum atomic E-state index is -5.19. The molecule has 0 aliphatic heterocycles. The van der Waals surface area contributed by atoms with E-state index in [0.29, 0.717) is 40.4 Å². The zero-order valence-electron chi connectivity index (χ0n) is 82.9. The van der Waals surface area contributed by atoms with Crippen LogP contribution in [-0.2, 0) is 92.8 Å². The van der Waals surface area contributed by atoms with E-state index in [1.54, 1.807) is 48.3 Å². The predicted molar refractivity (Wildman–Crippen MR) is 546 cm³/mol. The summed E-state index contributed by atoms with van der Waals surface area (Å²) < 4.78 is 158. The number of thioether (sulfide) groups is 4. The zero-order chi connectivity index (χ0) is 113. The van der Waals surface area contributed by atoms with E-state index in [1.807, 2.05) is 111 Å². The number of hydrogen-bond donors (Lipinski definition) is 15. The third-order valence-corrected chi connectivity index (χ3v) is 32.7. The van der Waals surface area contributed by atoms with Gasteiger partial charge in [-0.25, -0.2) is 4.79 Å². The highest BCUT2D eigenvalue weighted by molar-refractivity contribution is 8.00. The number of aliphatic carboxylic acids is 5. The molecule has 0 unspecified atom stereocenters. The van der Waals surface area contributed by atoms with Crippen molar-refractivity contribution < 1.29 is 159 Å². The maximum absolute atomic E-state index is 15.8. The zero-order valence-corrected chi connectivity index (χ0v) is 89.7. The number of carboxylic acid groups (broad SMARTS) is 5. The SMILES string of the molecule is CC[C@H](C)[C@H](NC(=O)[C@H](Cc1c[nH]c2ccccc12)NC(=O)[C@H](CSCC[P+](C)(C)C)NC(=O)[C@H](Cc1c[nH]c2ccccc12)NC(=O)[C@H](Cc1c[nH]c2ccccc12)NC(=O)[C@H](CSCC[P+](C)(C)C)NC(=O)[C@@H](N)CSCC[P+](C)(C)C)C(=O)N[C@@H](CSCC[P+](C)(C)C)C(=O)N[C@@H](Cc1c[nH]c2ccccc12)C(N)=O.O=C(O)C(F)(F)F.O=C([O-])C(F)(F)F.O=C([O-])C(F)(F)F.O=C([O-])C(F)(F)F.O=C([O-])C(F)(F)F. The van der Waals surface area contributed by atoms with Crippen molar-refractivity contribution >= 4 is 203 Å². The molecular formula is C92H123F15N14O19P4S4. The molecule has 8 rings (SSSR count). The summed E-state index contributed by atoms with van der Waals surface area (Å²) >= 11 is 6.11. The summed E-state index contributed by atoms with van der Waals surface area (Å²) in [6.45, 7) is 30.6. The van der Waals surface area contributed by atoms with Crippen molar-refractivity contribution in [3.63, 3.8) is 0 Å². The lowest BCUT2D eigenvalue weighted by Gasteiger charge is -2.30. The molecule has 4 aromatic carbocycles. The van der Waals surface area contributed by atoms with Gasteiger partial charge in [0.05, 0.1) is 30.7 Å². The van der Waals surface area contributed by atoms with Crippen molar-refractivity contribution in [2.75, 3.05) is 151 Å². The van der Waals surface area contributed by atoms with Crippen molar-refractivity contribution in [3.8, 4) is 0 Å². The van der Waals surface area contributed by atoms with E-state index >= 15 is 28.8 Å². The van der Waals surface area contributed by atoms with Crippen LogP contribution in [0.15, 0.2) is 122 Å². The highest BCUT2D eigenvalue weighted by Gasteiger charge is 2.41. The molecule has 10 atom stereocenters. The quantitative estimate of drug-likeness (QED) is 0.0104. The Morgan fingerprint density at radius 1 is 0.331 bits per heavy atom. The van der Waals surface area contributed by atoms with Gasteiger partial charge in [-0.05, 0) is 52.4 Å². The number of rotatable bonds is 47. The van der Waals surface area contributed by atoms with Gasteiger partial charge < -0.3 is 119 Å². The number of aromatic amines is 4. The Labute approximate surface area is 862 Å². The Morgan fingerprint density at radius 2 is 0.534 bits per heavy atom. The van der Waals surface area contributed by atoms with Gasteiger partial charge in [0.25, 0.3) is 0 Å². The largest absolute Gasteiger partial charge is 0.542 e. The first-order chi connectivity index (χ1) is 68.1. The van der Waals surface area contributed by atoms with Crippen LogP contribution in [0, 0.1) is 5.92 Å². The molecule has 824 valence electrons. The van der Waals surface area contributed by atoms with E-state index in [-0.39, 0.29) is 42.9 Å². The van der Waals surface area contributed by atoms with Gasteiger partial charge in [-0.3, -0.25) is 43.2 Å². The monoisotopic (exact) mass is 2260 g/mol. The molecule has 17 N–H and O–H groups in total. The van der Waals surface area contributed by atoms with Crippen LogP contribution in [0.25, 0.3) is 43.6 Å². The minimum Gasteiger partial charge on any atom is -0.542 e. The number of aromatic nitrogens is 4. The first kappa shape index (κ1) is 132. The van der Waals surface area contributed by atoms with Crippen LogP contribution in [0.2, 0.25) is 0 Å². The standard InChI is InChI=1S/C82H118N14O9P4S4.5C2HF3O2/c1-15-52(2)73(82(105)95-72(51-113-39-35-109(12,13)14)79(102)89-66(74(84)97)40-53-44-85-62-28-20-16-24-57(53)62)96-78(101)69(43-56-47-88-65-31-23-19-27-60(56)65)92-81(104)71(50-112-38-34-108(9,10)11)94-77(100)68(42-55-46-87-64-30-22-18-26-59(55)64)90-76(99)67(41-54-45-86-63-29-21-17-25-58(54)63)91-80(103)70(49-111-37-33-107(6,7)8)93-75(98)61(83)48-110-36-32-106(3,4)5;5*3-2(4,5)1(6)7/h16-31,44-47,52,61,66-73,85-88H,15,32-43,48-51,83H2,1-14H3,(H6-4,84,89,90,91,92,93,94,95,96,97,98,99,100,101,102,103,104,105);5*(H,6,7)/t52-,61-,66-,67-,68-,69-,70-,71-,72-,73-;;;;;/m0...../s1. The molecular weight excluding hydrogens is 2140 g/mol. The molecule has 0 saturated carbocycles. The van der Waals surface area contributed by atoms with Crippen LogP contribution in [0.3, 0.4) is 0 Å². The summed E-state index contributed by atoms with van der Waals surface area (Å²) in [5, 5.41) is 69.5. The Morgan fingerprint density at radius 3 is 0.764 bits per heavy atom. The number of fused-ring (bicyclic) bond motifs is 4. The molecule has 8 aromatic rings. The molecule has 4 heterocycles. The second kappa shape index (κ2) is 60.0. The fourth-order valence-corrected chi connectivity index (χ4v) is 25.9. The number of nitrogens with one attached hydrogen (secondary N) is 12. The third-order valence-electron chi connectivity index (χ3n) is 20.9. The number of para-hydroxylation sites is 4. The van der Waals surface area contributed by atoms with E-state index in [2.05, 4.69) is 142 Å². The van der Waals surface area contributed by atoms with Crippen molar-refractivity contribution in [3.05, 3.63) is 144 Å². The lowest BCUT2D eigenvalue weighted by Crippen LogP contribution is -2.62. The van der Waals surface area contributed by atoms with E-state index in [9.17, 15) is 80.2 Å². The lowest BCUT2D eigenvalue weighted by atomic mass is 9.96. The molecule has 0 saturated heterocycles. The van der Waals surface area contributed by atoms with Gasteiger partial charge in [0.2, 0.25) is 53.2 Å². The summed E-state index contributed by atoms with van der Waals surface area (Å²) in [6.07, 6.45) is -14.7. The van der Waals surface area contributed by atoms with Crippen molar-refractivity contribution in [1.29, 1.82) is 0 Å². The predicted octanol–water partition coefficient (Wildman–Crippen LogP) is 7.01. The van der Waals surface area contributed by atoms with Crippen LogP contribution < -0.4 is 74.4 Å². The summed E-state index contributed by atoms with van der Waals surface area (Å²) in [5.74, 6) is -17.7. The molecule has 4 aromatic heterocycles. The summed E-state index contributed by atoms with van der Waals surface area (Å²) in [5.41, 5.74) is 18.6. The van der Waals surface area contributed by atoms with Crippen molar-refractivity contribution in [2.45, 2.75) is 131 Å². The van der Waals surface area contributed by atoms with Gasteiger partial charge in [0, 0.05) is 249 Å². The number of amides is 9. The highest BCUT2D eigenvalue weighted by Crippen LogP contribution is 2.49. The summed E-state index contributed by atoms with van der Waals surface area (Å²) in [7, 11) is -4.83. The smallest absolute Gasteiger partial charge is 0.490 e. The number of primary amides is 1. The second-order valence-corrected chi connectivity index (χ2v) is 62.1. The van der Waals surface area contributed by atoms with Gasteiger partial charge in [0.15, 0.2) is 0 Å². The van der Waals surface area contributed by atoms with E-state index < -0.39 is 203 Å². The van der Waals surface area contributed by atoms with E-state index in [0.717, 1.165) is 85.3 Å². The second-order valence-electron chi connectivity index (χ2n) is 37.4. The Balaban J connectivity index is 0.00000137. The number of carbonyl (C=O) groups is 14. The average molecular weight is 2270 g/mol. The maximum Gasteiger partial charge on any atom is 0.490 e. The number of H-pyrrole nitrogens is 4. The van der Waals surface area contributed by atoms with Gasteiger partial charge in [-0.15, -0.1) is 0 Å². The maximum atomic E-state index is 15.8. The number of halogens is 15. The van der Waals surface area contributed by atoms with E-state index in [4.69, 9.17) is 61.0 Å². The third kappa shape index (κ3) is 50.1. The normalized spacial score (nSPS) is 14.0. The number of benzene rings is 4. The molecule has 0 radical (unpaired) electrons.